The highest BCUT2D eigenvalue weighted by Crippen LogP contribution is 2.19. The number of para-hydroxylation sites is 1. The van der Waals surface area contributed by atoms with Crippen LogP contribution in [0.25, 0.3) is 0 Å². The van der Waals surface area contributed by atoms with Crippen LogP contribution in [0.1, 0.15) is 21.5 Å². The van der Waals surface area contributed by atoms with Gasteiger partial charge in [0.2, 0.25) is 0 Å². The number of rotatable bonds is 4. The van der Waals surface area contributed by atoms with Crippen molar-refractivity contribution in [3.8, 4) is 0 Å². The fourth-order valence-electron chi connectivity index (χ4n) is 2.59. The van der Waals surface area contributed by atoms with Gasteiger partial charge in [-0.2, -0.15) is 0 Å². The summed E-state index contributed by atoms with van der Waals surface area (Å²) in [6, 6.07) is 23.5. The van der Waals surface area contributed by atoms with E-state index in [1.165, 1.54) is 0 Å². The third kappa shape index (κ3) is 3.82. The molecule has 0 bridgehead atoms. The number of amides is 1. The summed E-state index contributed by atoms with van der Waals surface area (Å²) < 4.78 is 0. The topological polar surface area (TPSA) is 41.1 Å². The minimum Gasteiger partial charge on any atom is -0.356 e. The molecule has 0 aromatic heterocycles. The lowest BCUT2D eigenvalue weighted by atomic mass is 10.1. The van der Waals surface area contributed by atoms with E-state index in [2.05, 4.69) is 10.6 Å². The lowest BCUT2D eigenvalue weighted by Gasteiger charge is -2.10. The Labute approximate surface area is 142 Å². The first-order chi connectivity index (χ1) is 11.6. The van der Waals surface area contributed by atoms with E-state index < -0.39 is 0 Å². The van der Waals surface area contributed by atoms with Crippen molar-refractivity contribution in [1.29, 1.82) is 0 Å². The molecule has 3 nitrogen and oxygen atoms in total. The van der Waals surface area contributed by atoms with E-state index in [-0.39, 0.29) is 5.91 Å². The van der Waals surface area contributed by atoms with Crippen LogP contribution < -0.4 is 10.6 Å². The van der Waals surface area contributed by atoms with Gasteiger partial charge in [-0.05, 0) is 61.9 Å². The molecule has 0 fully saturated rings. The standard InChI is InChI=1S/C21H20N2O/c1-15-8-13-20(16(2)14-15)21(24)23-19-11-9-18(10-12-19)22-17-6-4-3-5-7-17/h3-14,22H,1-2H3,(H,23,24). The summed E-state index contributed by atoms with van der Waals surface area (Å²) in [5, 5.41) is 6.26. The number of nitrogens with one attached hydrogen (secondary N) is 2. The van der Waals surface area contributed by atoms with Crippen molar-refractivity contribution < 1.29 is 4.79 Å². The van der Waals surface area contributed by atoms with Crippen molar-refractivity contribution in [2.75, 3.05) is 10.6 Å². The molecule has 3 heteroatoms. The average molecular weight is 316 g/mol. The lowest BCUT2D eigenvalue weighted by Crippen LogP contribution is -2.13. The number of carbonyl (C=O) groups is 1. The second-order valence-corrected chi connectivity index (χ2v) is 5.84. The molecule has 24 heavy (non-hydrogen) atoms. The Kier molecular flexibility index (Phi) is 4.62. The Morgan fingerprint density at radius 1 is 0.750 bits per heavy atom. The molecule has 0 atom stereocenters. The molecule has 0 aliphatic rings. The highest BCUT2D eigenvalue weighted by molar-refractivity contribution is 6.05. The molecule has 3 rings (SSSR count). The van der Waals surface area contributed by atoms with E-state index in [1.807, 2.05) is 86.6 Å². The molecule has 120 valence electrons. The summed E-state index contributed by atoms with van der Waals surface area (Å²) in [6.07, 6.45) is 0. The van der Waals surface area contributed by atoms with Gasteiger partial charge >= 0.3 is 0 Å². The largest absolute Gasteiger partial charge is 0.356 e. The van der Waals surface area contributed by atoms with Gasteiger partial charge in [-0.15, -0.1) is 0 Å². The maximum absolute atomic E-state index is 12.4. The van der Waals surface area contributed by atoms with Crippen molar-refractivity contribution in [2.24, 2.45) is 0 Å². The Hall–Kier alpha value is -3.07. The van der Waals surface area contributed by atoms with Gasteiger partial charge in [0.1, 0.15) is 0 Å². The summed E-state index contributed by atoms with van der Waals surface area (Å²) >= 11 is 0. The van der Waals surface area contributed by atoms with Gasteiger partial charge in [0.15, 0.2) is 0 Å². The van der Waals surface area contributed by atoms with E-state index in [0.29, 0.717) is 5.56 Å². The minimum absolute atomic E-state index is 0.0868. The average Bonchev–Trinajstić information content (AvgIpc) is 2.57. The highest BCUT2D eigenvalue weighted by Gasteiger charge is 2.09. The molecule has 0 heterocycles. The number of anilines is 3. The van der Waals surface area contributed by atoms with E-state index >= 15 is 0 Å². The van der Waals surface area contributed by atoms with Crippen LogP contribution in [0.2, 0.25) is 0 Å². The maximum atomic E-state index is 12.4. The Balaban J connectivity index is 1.68. The fraction of sp³-hybridized carbons (Fsp3) is 0.0952. The summed E-state index contributed by atoms with van der Waals surface area (Å²) in [5.41, 5.74) is 5.62. The Morgan fingerprint density at radius 2 is 1.38 bits per heavy atom. The SMILES string of the molecule is Cc1ccc(C(=O)Nc2ccc(Nc3ccccc3)cc2)c(C)c1. The van der Waals surface area contributed by atoms with E-state index in [9.17, 15) is 4.79 Å². The molecule has 0 radical (unpaired) electrons. The van der Waals surface area contributed by atoms with Crippen LogP contribution in [0.5, 0.6) is 0 Å². The zero-order valence-corrected chi connectivity index (χ0v) is 13.8. The van der Waals surface area contributed by atoms with E-state index in [1.54, 1.807) is 0 Å². The number of hydrogen-bond acceptors (Lipinski definition) is 2. The molecule has 0 saturated carbocycles. The van der Waals surface area contributed by atoms with Gasteiger partial charge in [-0.3, -0.25) is 4.79 Å². The second-order valence-electron chi connectivity index (χ2n) is 5.84. The van der Waals surface area contributed by atoms with Crippen LogP contribution in [0.4, 0.5) is 17.1 Å². The van der Waals surface area contributed by atoms with Gasteiger partial charge in [-0.25, -0.2) is 0 Å². The third-order valence-corrected chi connectivity index (χ3v) is 3.83. The number of hydrogen-bond donors (Lipinski definition) is 2. The molecule has 1 amide bonds. The number of aryl methyl sites for hydroxylation is 2. The van der Waals surface area contributed by atoms with Crippen LogP contribution in [0.15, 0.2) is 72.8 Å². The van der Waals surface area contributed by atoms with Gasteiger partial charge in [0.25, 0.3) is 5.91 Å². The van der Waals surface area contributed by atoms with Crippen LogP contribution in [0.3, 0.4) is 0 Å². The lowest BCUT2D eigenvalue weighted by molar-refractivity contribution is 0.102. The smallest absolute Gasteiger partial charge is 0.255 e. The molecule has 0 aliphatic carbocycles. The first-order valence-electron chi connectivity index (χ1n) is 7.92. The zero-order valence-electron chi connectivity index (χ0n) is 13.8. The quantitative estimate of drug-likeness (QED) is 0.686. The van der Waals surface area contributed by atoms with Crippen molar-refractivity contribution in [3.05, 3.63) is 89.5 Å². The Morgan fingerprint density at radius 3 is 2.04 bits per heavy atom. The van der Waals surface area contributed by atoms with Gasteiger partial charge in [0.05, 0.1) is 0 Å². The molecule has 3 aromatic rings. The minimum atomic E-state index is -0.0868. The summed E-state index contributed by atoms with van der Waals surface area (Å²) in [5.74, 6) is -0.0868. The molecule has 0 unspecified atom stereocenters. The highest BCUT2D eigenvalue weighted by atomic mass is 16.1. The molecule has 3 aromatic carbocycles. The molecule has 0 aliphatic heterocycles. The summed E-state index contributed by atoms with van der Waals surface area (Å²) in [4.78, 5) is 12.4. The van der Waals surface area contributed by atoms with Crippen molar-refractivity contribution in [2.45, 2.75) is 13.8 Å². The van der Waals surface area contributed by atoms with Crippen LogP contribution >= 0.6 is 0 Å². The first-order valence-corrected chi connectivity index (χ1v) is 7.92. The number of benzene rings is 3. The van der Waals surface area contributed by atoms with Crippen LogP contribution in [-0.2, 0) is 0 Å². The maximum Gasteiger partial charge on any atom is 0.255 e. The monoisotopic (exact) mass is 316 g/mol. The van der Waals surface area contributed by atoms with Gasteiger partial charge < -0.3 is 10.6 Å². The summed E-state index contributed by atoms with van der Waals surface area (Å²) in [6.45, 7) is 3.97. The molecule has 0 saturated heterocycles. The predicted octanol–water partition coefficient (Wildman–Crippen LogP) is 5.30. The number of carbonyl (C=O) groups excluding carboxylic acids is 1. The van der Waals surface area contributed by atoms with Crippen molar-refractivity contribution in [1.82, 2.24) is 0 Å². The molecule has 2 N–H and O–H groups in total. The van der Waals surface area contributed by atoms with Crippen LogP contribution in [0, 0.1) is 13.8 Å². The second kappa shape index (κ2) is 7.01. The van der Waals surface area contributed by atoms with Crippen molar-refractivity contribution >= 4 is 23.0 Å². The zero-order chi connectivity index (χ0) is 16.9. The normalized spacial score (nSPS) is 10.2. The van der Waals surface area contributed by atoms with Gasteiger partial charge in [-0.1, -0.05) is 35.9 Å². The molecule has 0 spiro atoms. The van der Waals surface area contributed by atoms with Gasteiger partial charge in [0, 0.05) is 22.6 Å². The van der Waals surface area contributed by atoms with E-state index in [0.717, 1.165) is 28.2 Å². The fourth-order valence-corrected chi connectivity index (χ4v) is 2.59. The van der Waals surface area contributed by atoms with Crippen molar-refractivity contribution in [3.63, 3.8) is 0 Å². The molecular weight excluding hydrogens is 296 g/mol. The molecular formula is C21H20N2O. The third-order valence-electron chi connectivity index (χ3n) is 3.83. The Bertz CT molecular complexity index is 839. The summed E-state index contributed by atoms with van der Waals surface area (Å²) in [7, 11) is 0. The predicted molar refractivity (Wildman–Crippen MR) is 100 cm³/mol. The van der Waals surface area contributed by atoms with E-state index in [4.69, 9.17) is 0 Å². The first kappa shape index (κ1) is 15.8. The van der Waals surface area contributed by atoms with Crippen LogP contribution in [-0.4, -0.2) is 5.91 Å².